The van der Waals surface area contributed by atoms with Crippen LogP contribution in [0.25, 0.3) is 0 Å². The lowest BCUT2D eigenvalue weighted by Crippen LogP contribution is -2.40. The summed E-state index contributed by atoms with van der Waals surface area (Å²) in [5.74, 6) is -3.33. The van der Waals surface area contributed by atoms with Crippen molar-refractivity contribution < 1.29 is 22.0 Å². The molecule has 1 saturated heterocycles. The highest BCUT2D eigenvalue weighted by Crippen LogP contribution is 2.25. The van der Waals surface area contributed by atoms with Gasteiger partial charge in [0, 0.05) is 19.2 Å². The van der Waals surface area contributed by atoms with Gasteiger partial charge in [0.25, 0.3) is 5.92 Å². The van der Waals surface area contributed by atoms with Crippen molar-refractivity contribution in [3.63, 3.8) is 0 Å². The number of carbonyl (C=O) groups is 1. The van der Waals surface area contributed by atoms with Gasteiger partial charge in [-0.2, -0.15) is 0 Å². The van der Waals surface area contributed by atoms with Gasteiger partial charge in [0.2, 0.25) is 5.91 Å². The van der Waals surface area contributed by atoms with E-state index in [-0.39, 0.29) is 23.8 Å². The molecule has 1 aromatic carbocycles. The molecular weight excluding hydrogens is 338 g/mol. The van der Waals surface area contributed by atoms with Crippen molar-refractivity contribution in [3.05, 3.63) is 29.8 Å². The molecule has 0 aliphatic carbocycles. The van der Waals surface area contributed by atoms with Gasteiger partial charge in [-0.15, -0.1) is 12.4 Å². The average molecular weight is 355 g/mol. The second-order valence-corrected chi connectivity index (χ2v) is 7.14. The van der Waals surface area contributed by atoms with Crippen LogP contribution in [0.1, 0.15) is 12.0 Å². The van der Waals surface area contributed by atoms with Gasteiger partial charge in [0.1, 0.15) is 0 Å². The van der Waals surface area contributed by atoms with Gasteiger partial charge >= 0.3 is 0 Å². The van der Waals surface area contributed by atoms with Crippen molar-refractivity contribution in [1.82, 2.24) is 10.6 Å². The minimum absolute atomic E-state index is 0. The summed E-state index contributed by atoms with van der Waals surface area (Å²) in [5, 5.41) is 5.02. The summed E-state index contributed by atoms with van der Waals surface area (Å²) in [6.07, 6.45) is 0.599. The minimum atomic E-state index is -3.26. The molecular formula is C13H17ClF2N2O3S. The van der Waals surface area contributed by atoms with E-state index in [1.807, 2.05) is 0 Å². The molecule has 2 N–H and O–H groups in total. The maximum Gasteiger partial charge on any atom is 0.262 e. The van der Waals surface area contributed by atoms with Gasteiger partial charge < -0.3 is 5.32 Å². The molecule has 0 radical (unpaired) electrons. The van der Waals surface area contributed by atoms with Crippen molar-refractivity contribution in [3.8, 4) is 0 Å². The monoisotopic (exact) mass is 354 g/mol. The molecule has 0 aromatic heterocycles. The third-order valence-electron chi connectivity index (χ3n) is 3.24. The molecule has 1 aromatic rings. The van der Waals surface area contributed by atoms with E-state index in [0.717, 1.165) is 6.26 Å². The number of benzene rings is 1. The number of amides is 1. The zero-order chi connectivity index (χ0) is 15.7. The van der Waals surface area contributed by atoms with Gasteiger partial charge in [0.05, 0.1) is 17.5 Å². The summed E-state index contributed by atoms with van der Waals surface area (Å²) in [6.45, 7) is -0.333. The quantitative estimate of drug-likeness (QED) is 0.850. The number of hydrogen-bond acceptors (Lipinski definition) is 4. The number of carbonyl (C=O) groups excluding carboxylic acids is 1. The Morgan fingerprint density at radius 2 is 1.95 bits per heavy atom. The molecule has 1 atom stereocenters. The molecule has 1 heterocycles. The lowest BCUT2D eigenvalue weighted by molar-refractivity contribution is -0.123. The first-order valence-corrected chi connectivity index (χ1v) is 8.24. The van der Waals surface area contributed by atoms with Crippen LogP contribution in [0.15, 0.2) is 29.2 Å². The molecule has 2 rings (SSSR count). The van der Waals surface area contributed by atoms with Crippen molar-refractivity contribution in [1.29, 1.82) is 0 Å². The predicted octanol–water partition coefficient (Wildman–Crippen LogP) is 1.13. The van der Waals surface area contributed by atoms with Crippen molar-refractivity contribution in [2.75, 3.05) is 12.8 Å². The Bertz CT molecular complexity index is 635. The van der Waals surface area contributed by atoms with Crippen molar-refractivity contribution in [2.45, 2.75) is 29.8 Å². The molecule has 1 fully saturated rings. The van der Waals surface area contributed by atoms with E-state index in [1.165, 1.54) is 12.1 Å². The van der Waals surface area contributed by atoms with Gasteiger partial charge in [-0.25, -0.2) is 17.2 Å². The Hall–Kier alpha value is -1.25. The van der Waals surface area contributed by atoms with Crippen LogP contribution < -0.4 is 10.6 Å². The lowest BCUT2D eigenvalue weighted by Gasteiger charge is -2.11. The molecule has 124 valence electrons. The Morgan fingerprint density at radius 1 is 1.36 bits per heavy atom. The van der Waals surface area contributed by atoms with E-state index in [9.17, 15) is 22.0 Å². The van der Waals surface area contributed by atoms with Crippen LogP contribution in [0.3, 0.4) is 0 Å². The third-order valence-corrected chi connectivity index (χ3v) is 4.37. The first-order valence-electron chi connectivity index (χ1n) is 6.35. The molecule has 0 spiro atoms. The summed E-state index contributed by atoms with van der Waals surface area (Å²) in [7, 11) is -3.26. The molecule has 1 aliphatic heterocycles. The SMILES string of the molecule is CS(=O)(=O)c1ccc(CNC(=O)C2CC(F)(F)CN2)cc1.Cl. The smallest absolute Gasteiger partial charge is 0.262 e. The normalized spacial score (nSPS) is 20.2. The zero-order valence-electron chi connectivity index (χ0n) is 11.8. The van der Waals surface area contributed by atoms with E-state index >= 15 is 0 Å². The Balaban J connectivity index is 0.00000242. The van der Waals surface area contributed by atoms with Crippen LogP contribution in [-0.4, -0.2) is 39.1 Å². The number of alkyl halides is 2. The summed E-state index contributed by atoms with van der Waals surface area (Å²) in [4.78, 5) is 11.9. The van der Waals surface area contributed by atoms with Gasteiger partial charge in [-0.1, -0.05) is 12.1 Å². The number of sulfone groups is 1. The van der Waals surface area contributed by atoms with Crippen LogP contribution in [0.5, 0.6) is 0 Å². The Kier molecular flexibility index (Phi) is 5.89. The minimum Gasteiger partial charge on any atom is -0.351 e. The fourth-order valence-corrected chi connectivity index (χ4v) is 2.70. The summed E-state index contributed by atoms with van der Waals surface area (Å²) in [5.41, 5.74) is 0.695. The van der Waals surface area contributed by atoms with E-state index in [2.05, 4.69) is 10.6 Å². The zero-order valence-corrected chi connectivity index (χ0v) is 13.4. The van der Waals surface area contributed by atoms with Crippen LogP contribution in [0.4, 0.5) is 8.78 Å². The number of hydrogen-bond donors (Lipinski definition) is 2. The molecule has 9 heteroatoms. The fourth-order valence-electron chi connectivity index (χ4n) is 2.07. The first-order chi connectivity index (χ1) is 9.67. The lowest BCUT2D eigenvalue weighted by atomic mass is 10.1. The highest BCUT2D eigenvalue weighted by Gasteiger charge is 2.42. The molecule has 1 unspecified atom stereocenters. The van der Waals surface area contributed by atoms with Gasteiger partial charge in [-0.05, 0) is 17.7 Å². The largest absolute Gasteiger partial charge is 0.351 e. The summed E-state index contributed by atoms with van der Waals surface area (Å²) in [6, 6.07) is 5.15. The number of halogens is 3. The molecule has 1 aliphatic rings. The molecule has 0 bridgehead atoms. The first kappa shape index (κ1) is 18.8. The van der Waals surface area contributed by atoms with Crippen molar-refractivity contribution >= 4 is 28.2 Å². The van der Waals surface area contributed by atoms with Crippen LogP contribution in [0.2, 0.25) is 0 Å². The Morgan fingerprint density at radius 3 is 2.41 bits per heavy atom. The third kappa shape index (κ3) is 4.89. The summed E-state index contributed by atoms with van der Waals surface area (Å²) >= 11 is 0. The maximum atomic E-state index is 13.0. The molecule has 1 amide bonds. The molecule has 5 nitrogen and oxygen atoms in total. The highest BCUT2D eigenvalue weighted by atomic mass is 35.5. The van der Waals surface area contributed by atoms with E-state index in [0.29, 0.717) is 5.56 Å². The van der Waals surface area contributed by atoms with Crippen LogP contribution in [0, 0.1) is 0 Å². The second kappa shape index (κ2) is 6.89. The fraction of sp³-hybridized carbons (Fsp3) is 0.462. The van der Waals surface area contributed by atoms with E-state index < -0.39 is 40.7 Å². The van der Waals surface area contributed by atoms with Crippen LogP contribution in [-0.2, 0) is 21.2 Å². The summed E-state index contributed by atoms with van der Waals surface area (Å²) < 4.78 is 48.5. The topological polar surface area (TPSA) is 75.3 Å². The van der Waals surface area contributed by atoms with Gasteiger partial charge in [0.15, 0.2) is 9.84 Å². The predicted molar refractivity (Wildman–Crippen MR) is 80.0 cm³/mol. The van der Waals surface area contributed by atoms with Gasteiger partial charge in [-0.3, -0.25) is 10.1 Å². The Labute approximate surface area is 133 Å². The number of rotatable bonds is 4. The molecule has 22 heavy (non-hydrogen) atoms. The second-order valence-electron chi connectivity index (χ2n) is 5.13. The number of nitrogens with one attached hydrogen (secondary N) is 2. The molecule has 0 saturated carbocycles. The maximum absolute atomic E-state index is 13.0. The van der Waals surface area contributed by atoms with E-state index in [1.54, 1.807) is 12.1 Å². The standard InChI is InChI=1S/C13H16F2N2O3S.ClH/c1-21(19,20)10-4-2-9(3-5-10)7-16-12(18)11-6-13(14,15)8-17-11;/h2-5,11,17H,6-8H2,1H3,(H,16,18);1H. The van der Waals surface area contributed by atoms with Crippen LogP contribution >= 0.6 is 12.4 Å². The van der Waals surface area contributed by atoms with E-state index in [4.69, 9.17) is 0 Å². The highest BCUT2D eigenvalue weighted by molar-refractivity contribution is 7.90. The van der Waals surface area contributed by atoms with Crippen molar-refractivity contribution in [2.24, 2.45) is 0 Å². The average Bonchev–Trinajstić information content (AvgIpc) is 2.76.